The molecule has 4 rings (SSSR count). The third-order valence-electron chi connectivity index (χ3n) is 4.33. The Labute approximate surface area is 181 Å². The zero-order valence-electron chi connectivity index (χ0n) is 16.1. The van der Waals surface area contributed by atoms with E-state index in [9.17, 15) is 4.79 Å². The molecule has 0 saturated heterocycles. The summed E-state index contributed by atoms with van der Waals surface area (Å²) >= 11 is 2.78. The third kappa shape index (κ3) is 4.37. The van der Waals surface area contributed by atoms with Crippen LogP contribution in [0.3, 0.4) is 0 Å². The van der Waals surface area contributed by atoms with E-state index in [1.54, 1.807) is 12.5 Å². The molecule has 0 unspecified atom stereocenters. The topological polar surface area (TPSA) is 90.1 Å². The minimum atomic E-state index is -1.02. The Morgan fingerprint density at radius 1 is 1.13 bits per heavy atom. The molecule has 1 N–H and O–H groups in total. The number of aromatic carboxylic acids is 1. The summed E-state index contributed by atoms with van der Waals surface area (Å²) in [5.41, 5.74) is 2.04. The monoisotopic (exact) mass is 438 g/mol. The van der Waals surface area contributed by atoms with Gasteiger partial charge in [0.15, 0.2) is 10.9 Å². The third-order valence-corrected chi connectivity index (χ3v) is 6.30. The van der Waals surface area contributed by atoms with Gasteiger partial charge in [0, 0.05) is 11.8 Å². The normalized spacial score (nSPS) is 10.8. The first kappa shape index (κ1) is 20.1. The van der Waals surface area contributed by atoms with Crippen LogP contribution in [-0.2, 0) is 12.2 Å². The number of ether oxygens (including phenoxy) is 1. The van der Waals surface area contributed by atoms with Crippen LogP contribution in [0.25, 0.3) is 5.69 Å². The van der Waals surface area contributed by atoms with Crippen molar-refractivity contribution in [3.8, 4) is 11.4 Å². The van der Waals surface area contributed by atoms with E-state index in [4.69, 9.17) is 9.84 Å². The maximum absolute atomic E-state index is 11.1. The predicted molar refractivity (Wildman–Crippen MR) is 116 cm³/mol. The molecule has 0 saturated carbocycles. The van der Waals surface area contributed by atoms with Crippen LogP contribution in [0, 0.1) is 0 Å². The Morgan fingerprint density at radius 3 is 2.63 bits per heavy atom. The van der Waals surface area contributed by atoms with Crippen molar-refractivity contribution in [2.24, 2.45) is 0 Å². The molecule has 0 aliphatic rings. The summed E-state index contributed by atoms with van der Waals surface area (Å²) in [6, 6.07) is 17.8. The lowest BCUT2D eigenvalue weighted by molar-refractivity contribution is 0.0691. The molecule has 0 fully saturated rings. The van der Waals surface area contributed by atoms with E-state index in [2.05, 4.69) is 27.3 Å². The summed E-state index contributed by atoms with van der Waals surface area (Å²) in [5, 5.41) is 20.9. The molecule has 0 aliphatic carbocycles. The lowest BCUT2D eigenvalue weighted by Crippen LogP contribution is -2.05. The molecule has 30 heavy (non-hydrogen) atoms. The molecule has 2 heterocycles. The molecule has 7 nitrogen and oxygen atoms in total. The first-order valence-corrected chi connectivity index (χ1v) is 10.9. The maximum Gasteiger partial charge on any atom is 0.355 e. The molecule has 0 radical (unpaired) electrons. The standard InChI is InChI=1S/C21H18N4O3S2/c1-28-17-10-6-5-9-16(17)25-18(11-14-7-3-2-4-8-14)23-24-21(25)30-13-19-22-15(12-29-19)20(26)27/h2-10,12H,11,13H2,1H3,(H,26,27). The Balaban J connectivity index is 1.68. The number of aromatic nitrogens is 4. The number of carboxylic acid groups (broad SMARTS) is 1. The van der Waals surface area contributed by atoms with E-state index in [1.807, 2.05) is 47.0 Å². The van der Waals surface area contributed by atoms with Gasteiger partial charge in [-0.05, 0) is 17.7 Å². The van der Waals surface area contributed by atoms with Crippen LogP contribution < -0.4 is 4.74 Å². The fourth-order valence-corrected chi connectivity index (χ4v) is 4.69. The van der Waals surface area contributed by atoms with E-state index in [0.717, 1.165) is 27.8 Å². The van der Waals surface area contributed by atoms with Crippen LogP contribution in [0.2, 0.25) is 0 Å². The molecule has 0 atom stereocenters. The molecule has 4 aromatic rings. The minimum Gasteiger partial charge on any atom is -0.495 e. The fraction of sp³-hybridized carbons (Fsp3) is 0.143. The van der Waals surface area contributed by atoms with Crippen molar-refractivity contribution in [2.75, 3.05) is 7.11 Å². The highest BCUT2D eigenvalue weighted by Gasteiger charge is 2.19. The molecule has 0 bridgehead atoms. The van der Waals surface area contributed by atoms with Crippen LogP contribution in [-0.4, -0.2) is 37.9 Å². The number of hydrogen-bond acceptors (Lipinski definition) is 7. The second-order valence-electron chi connectivity index (χ2n) is 6.29. The van der Waals surface area contributed by atoms with Crippen LogP contribution in [0.5, 0.6) is 5.75 Å². The number of thiazole rings is 1. The number of carboxylic acids is 1. The second kappa shape index (κ2) is 9.10. The van der Waals surface area contributed by atoms with Crippen molar-refractivity contribution in [1.82, 2.24) is 19.7 Å². The summed E-state index contributed by atoms with van der Waals surface area (Å²) in [4.78, 5) is 15.2. The van der Waals surface area contributed by atoms with E-state index in [-0.39, 0.29) is 5.69 Å². The van der Waals surface area contributed by atoms with Gasteiger partial charge in [-0.2, -0.15) is 0 Å². The smallest absolute Gasteiger partial charge is 0.355 e. The van der Waals surface area contributed by atoms with Gasteiger partial charge in [0.2, 0.25) is 0 Å². The average Bonchev–Trinajstić information content (AvgIpc) is 3.40. The van der Waals surface area contributed by atoms with Gasteiger partial charge in [-0.1, -0.05) is 54.2 Å². The van der Waals surface area contributed by atoms with Gasteiger partial charge in [-0.25, -0.2) is 9.78 Å². The predicted octanol–water partition coefficient (Wildman–Crippen LogP) is 4.31. The SMILES string of the molecule is COc1ccccc1-n1c(Cc2ccccc2)nnc1SCc1nc(C(=O)O)cs1. The summed E-state index contributed by atoms with van der Waals surface area (Å²) in [6.07, 6.45) is 0.618. The van der Waals surface area contributed by atoms with Gasteiger partial charge in [0.05, 0.1) is 18.6 Å². The lowest BCUT2D eigenvalue weighted by Gasteiger charge is -2.13. The highest BCUT2D eigenvalue weighted by molar-refractivity contribution is 7.98. The van der Waals surface area contributed by atoms with E-state index < -0.39 is 5.97 Å². The Bertz CT molecular complexity index is 1160. The van der Waals surface area contributed by atoms with Gasteiger partial charge in [0.25, 0.3) is 0 Å². The van der Waals surface area contributed by atoms with Gasteiger partial charge < -0.3 is 9.84 Å². The number of methoxy groups -OCH3 is 1. The lowest BCUT2D eigenvalue weighted by atomic mass is 10.1. The average molecular weight is 439 g/mol. The summed E-state index contributed by atoms with van der Waals surface area (Å²) in [7, 11) is 1.63. The maximum atomic E-state index is 11.1. The van der Waals surface area contributed by atoms with Crippen molar-refractivity contribution >= 4 is 29.1 Å². The number of nitrogens with zero attached hydrogens (tertiary/aromatic N) is 4. The molecule has 9 heteroatoms. The number of para-hydroxylation sites is 2. The number of benzene rings is 2. The Hall–Kier alpha value is -3.17. The van der Waals surface area contributed by atoms with Crippen LogP contribution in [0.1, 0.15) is 26.9 Å². The first-order chi connectivity index (χ1) is 14.7. The van der Waals surface area contributed by atoms with E-state index >= 15 is 0 Å². The zero-order valence-corrected chi connectivity index (χ0v) is 17.7. The van der Waals surface area contributed by atoms with Gasteiger partial charge in [-0.3, -0.25) is 4.57 Å². The minimum absolute atomic E-state index is 0.0616. The van der Waals surface area contributed by atoms with Gasteiger partial charge in [-0.15, -0.1) is 21.5 Å². The number of carbonyl (C=O) groups is 1. The summed E-state index contributed by atoms with van der Waals surface area (Å²) < 4.78 is 7.55. The number of rotatable bonds is 8. The van der Waals surface area contributed by atoms with Gasteiger partial charge in [0.1, 0.15) is 16.6 Å². The Morgan fingerprint density at radius 2 is 1.90 bits per heavy atom. The van der Waals surface area contributed by atoms with Crippen molar-refractivity contribution in [3.63, 3.8) is 0 Å². The highest BCUT2D eigenvalue weighted by Crippen LogP contribution is 2.31. The molecule has 2 aromatic heterocycles. The van der Waals surface area contributed by atoms with Crippen molar-refractivity contribution in [1.29, 1.82) is 0 Å². The Kier molecular flexibility index (Phi) is 6.10. The molecular weight excluding hydrogens is 420 g/mol. The largest absolute Gasteiger partial charge is 0.495 e. The fourth-order valence-electron chi connectivity index (χ4n) is 2.94. The van der Waals surface area contributed by atoms with Crippen LogP contribution in [0.4, 0.5) is 0 Å². The van der Waals surface area contributed by atoms with Crippen molar-refractivity contribution < 1.29 is 14.6 Å². The quantitative estimate of drug-likeness (QED) is 0.410. The summed E-state index contributed by atoms with van der Waals surface area (Å²) in [5.74, 6) is 0.982. The number of hydrogen-bond donors (Lipinski definition) is 1. The van der Waals surface area contributed by atoms with E-state index in [1.165, 1.54) is 23.1 Å². The first-order valence-electron chi connectivity index (χ1n) is 9.08. The summed E-state index contributed by atoms with van der Waals surface area (Å²) in [6.45, 7) is 0. The molecule has 0 aliphatic heterocycles. The molecule has 152 valence electrons. The molecular formula is C21H18N4O3S2. The van der Waals surface area contributed by atoms with Crippen LogP contribution in [0.15, 0.2) is 65.1 Å². The van der Waals surface area contributed by atoms with Crippen LogP contribution >= 0.6 is 23.1 Å². The molecule has 2 aromatic carbocycles. The number of thioether (sulfide) groups is 1. The van der Waals surface area contributed by atoms with Crippen molar-refractivity contribution in [3.05, 3.63) is 82.1 Å². The second-order valence-corrected chi connectivity index (χ2v) is 8.17. The van der Waals surface area contributed by atoms with Gasteiger partial charge >= 0.3 is 5.97 Å². The molecule has 0 spiro atoms. The zero-order chi connectivity index (χ0) is 20.9. The van der Waals surface area contributed by atoms with Crippen molar-refractivity contribution in [2.45, 2.75) is 17.3 Å². The van der Waals surface area contributed by atoms with E-state index in [0.29, 0.717) is 17.3 Å². The molecule has 0 amide bonds. The highest BCUT2D eigenvalue weighted by atomic mass is 32.2.